The van der Waals surface area contributed by atoms with Crippen LogP contribution in [0.3, 0.4) is 0 Å². The summed E-state index contributed by atoms with van der Waals surface area (Å²) in [4.78, 5) is 0.385. The Labute approximate surface area is 193 Å². The van der Waals surface area contributed by atoms with Gasteiger partial charge in [-0.15, -0.1) is 0 Å². The van der Waals surface area contributed by atoms with E-state index in [0.717, 1.165) is 47.2 Å². The predicted octanol–water partition coefficient (Wildman–Crippen LogP) is 5.93. The largest absolute Gasteiger partial charge is 0.493 e. The SMILES string of the molecule is COc1cc(CC(Br)CBr)cc(Br)c1OC[C@@H]1CNCC[C@H]1c1ccccc1. The number of rotatable bonds is 8. The minimum Gasteiger partial charge on any atom is -0.493 e. The molecule has 2 aromatic rings. The maximum Gasteiger partial charge on any atom is 0.175 e. The maximum absolute atomic E-state index is 6.30. The maximum atomic E-state index is 6.30. The molecule has 1 aliphatic rings. The Morgan fingerprint density at radius 1 is 1.21 bits per heavy atom. The van der Waals surface area contributed by atoms with Crippen LogP contribution in [0.15, 0.2) is 46.9 Å². The summed E-state index contributed by atoms with van der Waals surface area (Å²) in [5.41, 5.74) is 2.61. The van der Waals surface area contributed by atoms with E-state index in [1.54, 1.807) is 7.11 Å². The fourth-order valence-electron chi connectivity index (χ4n) is 3.77. The van der Waals surface area contributed by atoms with E-state index in [9.17, 15) is 0 Å². The molecule has 0 amide bonds. The highest BCUT2D eigenvalue weighted by molar-refractivity contribution is 9.12. The van der Waals surface area contributed by atoms with Crippen molar-refractivity contribution in [2.24, 2.45) is 5.92 Å². The number of methoxy groups -OCH3 is 1. The first kappa shape index (κ1) is 22.1. The number of halogens is 3. The van der Waals surface area contributed by atoms with E-state index in [2.05, 4.69) is 95.6 Å². The van der Waals surface area contributed by atoms with E-state index >= 15 is 0 Å². The van der Waals surface area contributed by atoms with Crippen molar-refractivity contribution in [3.05, 3.63) is 58.1 Å². The fourth-order valence-corrected chi connectivity index (χ4v) is 4.98. The third kappa shape index (κ3) is 5.74. The molecule has 0 saturated carbocycles. The van der Waals surface area contributed by atoms with E-state index in [-0.39, 0.29) is 0 Å². The van der Waals surface area contributed by atoms with E-state index in [1.165, 1.54) is 11.1 Å². The van der Waals surface area contributed by atoms with Crippen LogP contribution in [-0.4, -0.2) is 37.0 Å². The van der Waals surface area contributed by atoms with Gasteiger partial charge in [-0.3, -0.25) is 0 Å². The minimum atomic E-state index is 0.385. The van der Waals surface area contributed by atoms with Crippen molar-refractivity contribution < 1.29 is 9.47 Å². The Morgan fingerprint density at radius 3 is 2.71 bits per heavy atom. The number of hydrogen-bond acceptors (Lipinski definition) is 3. The van der Waals surface area contributed by atoms with Crippen LogP contribution in [0.25, 0.3) is 0 Å². The Balaban J connectivity index is 1.73. The van der Waals surface area contributed by atoms with Crippen molar-refractivity contribution in [3.63, 3.8) is 0 Å². The van der Waals surface area contributed by atoms with Gasteiger partial charge in [0.15, 0.2) is 11.5 Å². The summed E-state index contributed by atoms with van der Waals surface area (Å²) in [6, 6.07) is 15.0. The van der Waals surface area contributed by atoms with Gasteiger partial charge in [0.25, 0.3) is 0 Å². The molecule has 2 aromatic carbocycles. The third-order valence-corrected chi connectivity index (χ3v) is 8.08. The van der Waals surface area contributed by atoms with E-state index in [4.69, 9.17) is 9.47 Å². The summed E-state index contributed by atoms with van der Waals surface area (Å²) in [6.07, 6.45) is 2.05. The first-order chi connectivity index (χ1) is 13.6. The Bertz CT molecular complexity index is 757. The van der Waals surface area contributed by atoms with Gasteiger partial charge >= 0.3 is 0 Å². The Morgan fingerprint density at radius 2 is 2.00 bits per heavy atom. The first-order valence-electron chi connectivity index (χ1n) is 9.57. The highest BCUT2D eigenvalue weighted by atomic mass is 79.9. The molecule has 0 spiro atoms. The number of alkyl halides is 2. The molecule has 0 aromatic heterocycles. The third-order valence-electron chi connectivity index (χ3n) is 5.19. The molecule has 1 N–H and O–H groups in total. The van der Waals surface area contributed by atoms with Crippen molar-refractivity contribution in [1.82, 2.24) is 5.32 Å². The van der Waals surface area contributed by atoms with Crippen molar-refractivity contribution in [1.29, 1.82) is 0 Å². The lowest BCUT2D eigenvalue weighted by atomic mass is 9.81. The van der Waals surface area contributed by atoms with Crippen molar-refractivity contribution in [2.45, 2.75) is 23.6 Å². The van der Waals surface area contributed by atoms with Gasteiger partial charge < -0.3 is 14.8 Å². The van der Waals surface area contributed by atoms with Gasteiger partial charge in [0.1, 0.15) is 0 Å². The standard InChI is InChI=1S/C22H26Br3NO2/c1-27-21-11-15(9-18(24)12-23)10-20(25)22(21)28-14-17-13-26-8-7-19(17)16-5-3-2-4-6-16/h2-6,10-11,17-19,26H,7-9,12-14H2,1H3/t17-,18?,19-/m0/s1. The molecule has 3 nitrogen and oxygen atoms in total. The van der Waals surface area contributed by atoms with Crippen molar-refractivity contribution >= 4 is 47.8 Å². The van der Waals surface area contributed by atoms with Crippen LogP contribution in [-0.2, 0) is 6.42 Å². The minimum absolute atomic E-state index is 0.385. The average molecular weight is 576 g/mol. The Hall–Kier alpha value is -0.560. The van der Waals surface area contributed by atoms with Crippen LogP contribution in [0.4, 0.5) is 0 Å². The lowest BCUT2D eigenvalue weighted by molar-refractivity contribution is 0.190. The summed E-state index contributed by atoms with van der Waals surface area (Å²) < 4.78 is 12.9. The smallest absolute Gasteiger partial charge is 0.175 e. The number of ether oxygens (including phenoxy) is 2. The molecule has 0 aliphatic carbocycles. The molecule has 3 atom stereocenters. The molecule has 28 heavy (non-hydrogen) atoms. The van der Waals surface area contributed by atoms with Crippen LogP contribution in [0.5, 0.6) is 11.5 Å². The lowest BCUT2D eigenvalue weighted by Crippen LogP contribution is -2.38. The zero-order chi connectivity index (χ0) is 19.9. The zero-order valence-electron chi connectivity index (χ0n) is 16.0. The van der Waals surface area contributed by atoms with Crippen LogP contribution in [0.1, 0.15) is 23.5 Å². The highest BCUT2D eigenvalue weighted by Crippen LogP contribution is 2.39. The average Bonchev–Trinajstić information content (AvgIpc) is 2.73. The molecule has 152 valence electrons. The molecule has 1 fully saturated rings. The number of benzene rings is 2. The van der Waals surface area contributed by atoms with Gasteiger partial charge in [-0.2, -0.15) is 0 Å². The van der Waals surface area contributed by atoms with E-state index < -0.39 is 0 Å². The molecule has 0 bridgehead atoms. The first-order valence-corrected chi connectivity index (χ1v) is 12.4. The molecule has 1 aliphatic heterocycles. The number of piperidine rings is 1. The van der Waals surface area contributed by atoms with Crippen molar-refractivity contribution in [3.8, 4) is 11.5 Å². The molecule has 1 saturated heterocycles. The van der Waals surface area contributed by atoms with Gasteiger partial charge in [0, 0.05) is 22.6 Å². The molecule has 1 unspecified atom stereocenters. The predicted molar refractivity (Wildman–Crippen MR) is 127 cm³/mol. The molecular formula is C22H26Br3NO2. The summed E-state index contributed by atoms with van der Waals surface area (Å²) >= 11 is 10.9. The fraction of sp³-hybridized carbons (Fsp3) is 0.455. The van der Waals surface area contributed by atoms with E-state index in [1.807, 2.05) is 0 Å². The van der Waals surface area contributed by atoms with Gasteiger partial charge in [-0.25, -0.2) is 0 Å². The Kier molecular flexibility index (Phi) is 8.70. The topological polar surface area (TPSA) is 30.5 Å². The molecule has 6 heteroatoms. The van der Waals surface area contributed by atoms with Gasteiger partial charge in [-0.1, -0.05) is 62.2 Å². The van der Waals surface area contributed by atoms with Gasteiger partial charge in [-0.05, 0) is 64.5 Å². The summed E-state index contributed by atoms with van der Waals surface area (Å²) in [6.45, 7) is 2.68. The molecule has 3 rings (SSSR count). The van der Waals surface area contributed by atoms with Crippen LogP contribution in [0.2, 0.25) is 0 Å². The zero-order valence-corrected chi connectivity index (χ0v) is 20.7. The number of hydrogen-bond donors (Lipinski definition) is 1. The van der Waals surface area contributed by atoms with Crippen LogP contribution < -0.4 is 14.8 Å². The summed E-state index contributed by atoms with van der Waals surface area (Å²) in [5.74, 6) is 2.50. The number of nitrogens with one attached hydrogen (secondary N) is 1. The van der Waals surface area contributed by atoms with Gasteiger partial charge in [0.2, 0.25) is 0 Å². The van der Waals surface area contributed by atoms with Crippen molar-refractivity contribution in [2.75, 3.05) is 32.1 Å². The summed E-state index contributed by atoms with van der Waals surface area (Å²) in [7, 11) is 1.70. The molecular weight excluding hydrogens is 550 g/mol. The van der Waals surface area contributed by atoms with Gasteiger partial charge in [0.05, 0.1) is 18.2 Å². The highest BCUT2D eigenvalue weighted by Gasteiger charge is 2.27. The quantitative estimate of drug-likeness (QED) is 0.396. The lowest BCUT2D eigenvalue weighted by Gasteiger charge is -2.32. The van der Waals surface area contributed by atoms with Crippen LogP contribution in [0, 0.1) is 5.92 Å². The molecule has 0 radical (unpaired) electrons. The molecule has 1 heterocycles. The van der Waals surface area contributed by atoms with Crippen LogP contribution >= 0.6 is 47.8 Å². The normalized spacial score (nSPS) is 20.6. The van der Waals surface area contributed by atoms with E-state index in [0.29, 0.717) is 23.3 Å². The second-order valence-corrected chi connectivity index (χ2v) is 9.94. The second kappa shape index (κ2) is 11.0. The summed E-state index contributed by atoms with van der Waals surface area (Å²) in [5, 5.41) is 4.42. The monoisotopic (exact) mass is 573 g/mol. The second-order valence-electron chi connectivity index (χ2n) is 7.15.